The van der Waals surface area contributed by atoms with Gasteiger partial charge in [0.15, 0.2) is 17.3 Å². The second kappa shape index (κ2) is 9.53. The molecule has 0 spiro atoms. The lowest BCUT2D eigenvalue weighted by Gasteiger charge is -2.45. The summed E-state index contributed by atoms with van der Waals surface area (Å²) in [6.07, 6.45) is -0.342. The van der Waals surface area contributed by atoms with Crippen LogP contribution in [0.1, 0.15) is 49.2 Å². The van der Waals surface area contributed by atoms with Crippen LogP contribution in [0.3, 0.4) is 0 Å². The monoisotopic (exact) mass is 551 g/mol. The number of hydrogen-bond donors (Lipinski definition) is 0. The minimum atomic E-state index is -0.996. The molecule has 3 aliphatic heterocycles. The van der Waals surface area contributed by atoms with E-state index in [2.05, 4.69) is 0 Å². The fourth-order valence-corrected chi connectivity index (χ4v) is 5.81. The molecule has 0 bridgehead atoms. The Hall–Kier alpha value is -4.09. The second-order valence-corrected chi connectivity index (χ2v) is 10.4. The fourth-order valence-electron chi connectivity index (χ4n) is 5.81. The van der Waals surface area contributed by atoms with Crippen LogP contribution in [0.4, 0.5) is 0 Å². The number of hydrogen-bond acceptors (Lipinski definition) is 10. The van der Waals surface area contributed by atoms with Gasteiger partial charge in [0.25, 0.3) is 5.91 Å². The highest BCUT2D eigenvalue weighted by atomic mass is 16.8. The second-order valence-electron chi connectivity index (χ2n) is 10.4. The molecule has 0 aromatic heterocycles. The van der Waals surface area contributed by atoms with Crippen molar-refractivity contribution < 1.29 is 47.5 Å². The van der Waals surface area contributed by atoms with E-state index in [1.165, 1.54) is 13.8 Å². The van der Waals surface area contributed by atoms with Crippen LogP contribution in [0.5, 0.6) is 23.0 Å². The number of carbonyl (C=O) groups is 3. The van der Waals surface area contributed by atoms with E-state index in [1.807, 2.05) is 24.3 Å². The largest absolute Gasteiger partial charge is 0.497 e. The molecule has 3 heterocycles. The van der Waals surface area contributed by atoms with E-state index in [4.69, 9.17) is 33.2 Å². The standard InChI is InChI=1S/C29H29NO10/c1-14(31)37-21-11-19-18-10-20-24(36-13-35-20)26(38-15(2)32)22(18)28(33)30(12-16-6-8-17(34-5)9-7-16)23(19)27-25(21)39-29(3,4)40-27/h6-11,21,23,25,27H,12-13H2,1-5H3/t21-,23+,25+,27-/m0/s1. The van der Waals surface area contributed by atoms with Gasteiger partial charge in [0.05, 0.1) is 18.7 Å². The van der Waals surface area contributed by atoms with Crippen LogP contribution in [0.25, 0.3) is 5.57 Å². The molecule has 210 valence electrons. The first-order chi connectivity index (χ1) is 19.1. The van der Waals surface area contributed by atoms with E-state index < -0.39 is 42.1 Å². The van der Waals surface area contributed by atoms with Crippen LogP contribution < -0.4 is 18.9 Å². The molecular weight excluding hydrogens is 522 g/mol. The number of rotatable bonds is 5. The van der Waals surface area contributed by atoms with Crippen LogP contribution in [0, 0.1) is 0 Å². The van der Waals surface area contributed by atoms with Crippen molar-refractivity contribution in [2.75, 3.05) is 13.9 Å². The SMILES string of the molecule is COc1ccc(CN2C(=O)c3c(cc4c(c3OC(C)=O)OCO4)C3=C[C@H](OC(C)=O)[C@H]4OC(C)(C)O[C@H]4[C@@H]32)cc1. The summed E-state index contributed by atoms with van der Waals surface area (Å²) in [4.78, 5) is 40.3. The topological polar surface area (TPSA) is 119 Å². The Kier molecular flexibility index (Phi) is 6.23. The van der Waals surface area contributed by atoms with Crippen LogP contribution in [-0.2, 0) is 30.3 Å². The Bertz CT molecular complexity index is 1430. The molecule has 4 aliphatic rings. The Morgan fingerprint density at radius 1 is 1.05 bits per heavy atom. The first kappa shape index (κ1) is 26.1. The number of ether oxygens (including phenoxy) is 7. The van der Waals surface area contributed by atoms with E-state index in [-0.39, 0.29) is 36.3 Å². The van der Waals surface area contributed by atoms with Crippen molar-refractivity contribution in [1.82, 2.24) is 4.90 Å². The molecule has 1 saturated heterocycles. The smallest absolute Gasteiger partial charge is 0.308 e. The third-order valence-corrected chi connectivity index (χ3v) is 7.26. The van der Waals surface area contributed by atoms with Gasteiger partial charge in [-0.2, -0.15) is 0 Å². The van der Waals surface area contributed by atoms with E-state index in [0.29, 0.717) is 22.6 Å². The molecule has 11 nitrogen and oxygen atoms in total. The normalized spacial score (nSPS) is 25.4. The minimum absolute atomic E-state index is 0.0170. The van der Waals surface area contributed by atoms with Crippen LogP contribution in [-0.4, -0.2) is 66.8 Å². The summed E-state index contributed by atoms with van der Waals surface area (Å²) < 4.78 is 40.4. The summed E-state index contributed by atoms with van der Waals surface area (Å²) in [6.45, 7) is 6.23. The van der Waals surface area contributed by atoms with Gasteiger partial charge in [-0.15, -0.1) is 0 Å². The number of methoxy groups -OCH3 is 1. The quantitative estimate of drug-likeness (QED) is 0.405. The first-order valence-corrected chi connectivity index (χ1v) is 12.9. The van der Waals surface area contributed by atoms with Crippen molar-refractivity contribution in [3.8, 4) is 23.0 Å². The average molecular weight is 552 g/mol. The van der Waals surface area contributed by atoms with Crippen molar-refractivity contribution in [3.05, 3.63) is 53.1 Å². The molecule has 0 N–H and O–H groups in total. The lowest BCUT2D eigenvalue weighted by atomic mass is 9.77. The molecule has 11 heteroatoms. The Labute approximate surface area is 230 Å². The number of benzene rings is 2. The third-order valence-electron chi connectivity index (χ3n) is 7.26. The molecule has 1 aliphatic carbocycles. The number of fused-ring (bicyclic) bond motifs is 6. The summed E-state index contributed by atoms with van der Waals surface area (Å²) in [5.41, 5.74) is 2.12. The number of amides is 1. The Morgan fingerprint density at radius 3 is 2.45 bits per heavy atom. The highest BCUT2D eigenvalue weighted by molar-refractivity contribution is 6.08. The molecule has 2 aromatic rings. The molecule has 1 fully saturated rings. The van der Waals surface area contributed by atoms with E-state index in [9.17, 15) is 14.4 Å². The fraction of sp³-hybridized carbons (Fsp3) is 0.414. The van der Waals surface area contributed by atoms with Gasteiger partial charge in [0.2, 0.25) is 12.5 Å². The van der Waals surface area contributed by atoms with Crippen molar-refractivity contribution >= 4 is 23.4 Å². The van der Waals surface area contributed by atoms with Gasteiger partial charge in [0.1, 0.15) is 24.1 Å². The van der Waals surface area contributed by atoms with E-state index >= 15 is 0 Å². The summed E-state index contributed by atoms with van der Waals surface area (Å²) in [5, 5.41) is 0. The Balaban J connectivity index is 1.56. The molecular formula is C29H29NO10. The maximum absolute atomic E-state index is 14.4. The van der Waals surface area contributed by atoms with Crippen molar-refractivity contribution in [2.45, 2.75) is 64.4 Å². The molecule has 0 unspecified atom stereocenters. The zero-order chi connectivity index (χ0) is 28.3. The number of carbonyl (C=O) groups excluding carboxylic acids is 3. The summed E-state index contributed by atoms with van der Waals surface area (Å²) in [6, 6.07) is 8.44. The molecule has 4 atom stereocenters. The number of esters is 2. The van der Waals surface area contributed by atoms with E-state index in [1.54, 1.807) is 38.0 Å². The minimum Gasteiger partial charge on any atom is -0.497 e. The van der Waals surface area contributed by atoms with Gasteiger partial charge in [-0.1, -0.05) is 12.1 Å². The third kappa shape index (κ3) is 4.35. The van der Waals surface area contributed by atoms with Crippen molar-refractivity contribution in [2.24, 2.45) is 0 Å². The van der Waals surface area contributed by atoms with Crippen molar-refractivity contribution in [1.29, 1.82) is 0 Å². The van der Waals surface area contributed by atoms with E-state index in [0.717, 1.165) is 5.56 Å². The number of nitrogens with zero attached hydrogens (tertiary/aromatic N) is 1. The molecule has 0 radical (unpaired) electrons. The van der Waals surface area contributed by atoms with Gasteiger partial charge in [-0.3, -0.25) is 14.4 Å². The first-order valence-electron chi connectivity index (χ1n) is 12.9. The summed E-state index contributed by atoms with van der Waals surface area (Å²) in [5.74, 6) is -1.31. The molecule has 0 saturated carbocycles. The lowest BCUT2D eigenvalue weighted by molar-refractivity contribution is -0.165. The van der Waals surface area contributed by atoms with Crippen molar-refractivity contribution in [3.63, 3.8) is 0 Å². The van der Waals surface area contributed by atoms with Gasteiger partial charge < -0.3 is 38.1 Å². The lowest BCUT2D eigenvalue weighted by Crippen LogP contribution is -2.58. The van der Waals surface area contributed by atoms with Gasteiger partial charge in [-0.05, 0) is 49.3 Å². The highest BCUT2D eigenvalue weighted by Crippen LogP contribution is 2.53. The van der Waals surface area contributed by atoms with Crippen LogP contribution in [0.15, 0.2) is 36.4 Å². The van der Waals surface area contributed by atoms with Gasteiger partial charge in [-0.25, -0.2) is 0 Å². The van der Waals surface area contributed by atoms with Crippen LogP contribution in [0.2, 0.25) is 0 Å². The molecule has 1 amide bonds. The van der Waals surface area contributed by atoms with Crippen LogP contribution >= 0.6 is 0 Å². The average Bonchev–Trinajstić information content (AvgIpc) is 3.49. The zero-order valence-electron chi connectivity index (χ0n) is 22.7. The maximum atomic E-state index is 14.4. The molecule has 40 heavy (non-hydrogen) atoms. The molecule has 6 rings (SSSR count). The summed E-state index contributed by atoms with van der Waals surface area (Å²) in [7, 11) is 1.58. The zero-order valence-corrected chi connectivity index (χ0v) is 22.7. The maximum Gasteiger partial charge on any atom is 0.308 e. The highest BCUT2D eigenvalue weighted by Gasteiger charge is 2.57. The van der Waals surface area contributed by atoms with Gasteiger partial charge in [0, 0.05) is 26.0 Å². The predicted octanol–water partition coefficient (Wildman–Crippen LogP) is 3.22. The Morgan fingerprint density at radius 2 is 1.77 bits per heavy atom. The molecule has 2 aromatic carbocycles. The van der Waals surface area contributed by atoms with Gasteiger partial charge >= 0.3 is 11.9 Å². The summed E-state index contributed by atoms with van der Waals surface area (Å²) >= 11 is 0. The predicted molar refractivity (Wildman–Crippen MR) is 138 cm³/mol.